The first-order chi connectivity index (χ1) is 5.81. The van der Waals surface area contributed by atoms with Crippen LogP contribution in [0, 0.1) is 0 Å². The van der Waals surface area contributed by atoms with Crippen molar-refractivity contribution in [3.63, 3.8) is 0 Å². The molecule has 0 aromatic rings. The van der Waals surface area contributed by atoms with Gasteiger partial charge in [0, 0.05) is 37.1 Å². The Bertz CT molecular complexity index is 116. The third-order valence-corrected chi connectivity index (χ3v) is 1.75. The average molecular weight is 261 g/mol. The fourth-order valence-electron chi connectivity index (χ4n) is 0.467. The SMILES string of the molecule is CCCCO[P+](=O)ONCCN.[Zn]. The largest absolute Gasteiger partial charge is 0.716 e. The van der Waals surface area contributed by atoms with Crippen molar-refractivity contribution in [3.05, 3.63) is 0 Å². The van der Waals surface area contributed by atoms with Crippen LogP contribution in [0.3, 0.4) is 0 Å². The number of hydroxylamine groups is 1. The van der Waals surface area contributed by atoms with Gasteiger partial charge in [-0.2, -0.15) is 0 Å². The van der Waals surface area contributed by atoms with Gasteiger partial charge in [0.1, 0.15) is 6.61 Å². The Morgan fingerprint density at radius 2 is 2.23 bits per heavy atom. The van der Waals surface area contributed by atoms with Crippen LogP contribution >= 0.6 is 8.25 Å². The minimum absolute atomic E-state index is 0. The molecule has 0 amide bonds. The van der Waals surface area contributed by atoms with E-state index in [4.69, 9.17) is 10.3 Å². The Morgan fingerprint density at radius 3 is 2.77 bits per heavy atom. The molecule has 0 aliphatic heterocycles. The second-order valence-electron chi connectivity index (χ2n) is 2.18. The van der Waals surface area contributed by atoms with Crippen LogP contribution in [0.1, 0.15) is 19.8 Å². The van der Waals surface area contributed by atoms with Crippen molar-refractivity contribution in [1.82, 2.24) is 5.48 Å². The number of nitrogens with one attached hydrogen (secondary N) is 1. The van der Waals surface area contributed by atoms with Crippen LogP contribution in [0.15, 0.2) is 0 Å². The van der Waals surface area contributed by atoms with Crippen molar-refractivity contribution < 1.29 is 33.2 Å². The molecule has 0 bridgehead atoms. The first-order valence-corrected chi connectivity index (χ1v) is 5.10. The van der Waals surface area contributed by atoms with E-state index in [2.05, 4.69) is 10.1 Å². The molecule has 0 saturated carbocycles. The molecule has 0 saturated heterocycles. The minimum Gasteiger partial charge on any atom is -0.329 e. The molecular formula is C6H16N2O3PZn+. The van der Waals surface area contributed by atoms with Crippen LogP contribution in [0.4, 0.5) is 0 Å². The predicted octanol–water partition coefficient (Wildman–Crippen LogP) is 0.938. The zero-order valence-corrected chi connectivity index (χ0v) is 11.9. The summed E-state index contributed by atoms with van der Waals surface area (Å²) < 4.78 is 20.2. The van der Waals surface area contributed by atoms with E-state index in [1.165, 1.54) is 0 Å². The van der Waals surface area contributed by atoms with E-state index in [1.807, 2.05) is 6.92 Å². The molecule has 7 heteroatoms. The molecule has 0 aliphatic carbocycles. The van der Waals surface area contributed by atoms with Crippen LogP contribution in [0.2, 0.25) is 0 Å². The standard InChI is InChI=1S/C6H16N2O3P.Zn/c1-2-3-6-10-12(9)11-8-5-4-7;/h8H,2-7H2,1H3;/q+1;. The molecule has 0 aromatic heterocycles. The predicted molar refractivity (Wildman–Crippen MR) is 46.6 cm³/mol. The summed E-state index contributed by atoms with van der Waals surface area (Å²) in [5, 5.41) is 0. The summed E-state index contributed by atoms with van der Waals surface area (Å²) in [4.78, 5) is 0. The first-order valence-electron chi connectivity index (χ1n) is 4.01. The Kier molecular flexibility index (Phi) is 15.5. The van der Waals surface area contributed by atoms with Gasteiger partial charge in [0.05, 0.1) is 0 Å². The van der Waals surface area contributed by atoms with Gasteiger partial charge in [-0.1, -0.05) is 13.3 Å². The molecule has 0 aromatic carbocycles. The van der Waals surface area contributed by atoms with E-state index in [9.17, 15) is 4.57 Å². The monoisotopic (exact) mass is 259 g/mol. The second-order valence-corrected chi connectivity index (χ2v) is 3.07. The maximum atomic E-state index is 10.8. The molecule has 74 valence electrons. The van der Waals surface area contributed by atoms with Gasteiger partial charge in [-0.3, -0.25) is 0 Å². The van der Waals surface area contributed by atoms with Gasteiger partial charge in [0.15, 0.2) is 0 Å². The van der Waals surface area contributed by atoms with Gasteiger partial charge in [-0.25, -0.2) is 0 Å². The molecule has 0 aliphatic rings. The Hall–Kier alpha value is 0.563. The Morgan fingerprint density at radius 1 is 1.54 bits per heavy atom. The third kappa shape index (κ3) is 12.6. The number of unbranched alkanes of at least 4 members (excludes halogenated alkanes) is 1. The summed E-state index contributed by atoms with van der Waals surface area (Å²) in [6.07, 6.45) is 1.90. The average Bonchev–Trinajstić information content (AvgIpc) is 2.06. The zero-order valence-electron chi connectivity index (χ0n) is 7.99. The zero-order chi connectivity index (χ0) is 9.23. The third-order valence-electron chi connectivity index (χ3n) is 1.08. The molecule has 0 spiro atoms. The molecular weight excluding hydrogens is 244 g/mol. The Labute approximate surface area is 92.4 Å². The summed E-state index contributed by atoms with van der Waals surface area (Å²) >= 11 is 0. The van der Waals surface area contributed by atoms with E-state index in [0.29, 0.717) is 19.7 Å². The quantitative estimate of drug-likeness (QED) is 0.294. The molecule has 0 radical (unpaired) electrons. The van der Waals surface area contributed by atoms with Gasteiger partial charge in [-0.15, -0.1) is 10.0 Å². The van der Waals surface area contributed by atoms with E-state index >= 15 is 0 Å². The van der Waals surface area contributed by atoms with E-state index in [0.717, 1.165) is 12.8 Å². The summed E-state index contributed by atoms with van der Waals surface area (Å²) in [5.41, 5.74) is 7.59. The fraction of sp³-hybridized carbons (Fsp3) is 1.00. The van der Waals surface area contributed by atoms with Crippen LogP contribution in [0.25, 0.3) is 0 Å². The first kappa shape index (κ1) is 16.0. The smallest absolute Gasteiger partial charge is 0.329 e. The van der Waals surface area contributed by atoms with Gasteiger partial charge in [-0.05, 0) is 11.0 Å². The minimum atomic E-state index is -2.02. The van der Waals surface area contributed by atoms with Crippen molar-refractivity contribution in [1.29, 1.82) is 0 Å². The van der Waals surface area contributed by atoms with Gasteiger partial charge < -0.3 is 5.73 Å². The van der Waals surface area contributed by atoms with Crippen molar-refractivity contribution in [2.24, 2.45) is 5.73 Å². The molecule has 1 atom stereocenters. The fourth-order valence-corrected chi connectivity index (χ4v) is 0.995. The van der Waals surface area contributed by atoms with Gasteiger partial charge in [0.25, 0.3) is 0 Å². The molecule has 1 unspecified atom stereocenters. The van der Waals surface area contributed by atoms with Gasteiger partial charge >= 0.3 is 8.25 Å². The summed E-state index contributed by atoms with van der Waals surface area (Å²) in [5.74, 6) is 0. The maximum absolute atomic E-state index is 10.8. The molecule has 13 heavy (non-hydrogen) atoms. The summed E-state index contributed by atoms with van der Waals surface area (Å²) in [6, 6.07) is 0. The number of hydrogen-bond donors (Lipinski definition) is 2. The van der Waals surface area contributed by atoms with Crippen LogP contribution < -0.4 is 11.2 Å². The van der Waals surface area contributed by atoms with Crippen LogP contribution in [-0.4, -0.2) is 19.7 Å². The molecule has 0 rings (SSSR count). The van der Waals surface area contributed by atoms with E-state index in [-0.39, 0.29) is 19.5 Å². The van der Waals surface area contributed by atoms with Crippen LogP contribution in [-0.2, 0) is 33.2 Å². The molecule has 0 heterocycles. The molecule has 5 nitrogen and oxygen atoms in total. The molecule has 3 N–H and O–H groups in total. The van der Waals surface area contributed by atoms with Gasteiger partial charge in [0.2, 0.25) is 0 Å². The maximum Gasteiger partial charge on any atom is 0.716 e. The van der Waals surface area contributed by atoms with Crippen molar-refractivity contribution in [2.75, 3.05) is 19.7 Å². The Balaban J connectivity index is 0. The van der Waals surface area contributed by atoms with Crippen molar-refractivity contribution in [3.8, 4) is 0 Å². The van der Waals surface area contributed by atoms with Crippen molar-refractivity contribution >= 4 is 8.25 Å². The summed E-state index contributed by atoms with van der Waals surface area (Å²) in [7, 11) is -2.02. The van der Waals surface area contributed by atoms with E-state index in [1.54, 1.807) is 0 Å². The number of nitrogens with two attached hydrogens (primary N) is 1. The molecule has 0 fully saturated rings. The normalized spacial score (nSPS) is 10.8. The number of hydrogen-bond acceptors (Lipinski definition) is 5. The number of rotatable bonds is 8. The van der Waals surface area contributed by atoms with Crippen molar-refractivity contribution in [2.45, 2.75) is 19.8 Å². The van der Waals surface area contributed by atoms with Crippen LogP contribution in [0.5, 0.6) is 0 Å². The second kappa shape index (κ2) is 12.6. The topological polar surface area (TPSA) is 73.6 Å². The van der Waals surface area contributed by atoms with E-state index < -0.39 is 8.25 Å². The summed E-state index contributed by atoms with van der Waals surface area (Å²) in [6.45, 7) is 3.41.